The second-order valence-electron chi connectivity index (χ2n) is 6.24. The van der Waals surface area contributed by atoms with Crippen molar-refractivity contribution >= 4 is 5.91 Å². The Morgan fingerprint density at radius 2 is 1.74 bits per heavy atom. The fourth-order valence-corrected chi connectivity index (χ4v) is 2.94. The molecule has 1 saturated heterocycles. The zero-order valence-corrected chi connectivity index (χ0v) is 14.0. The van der Waals surface area contributed by atoms with Crippen LogP contribution >= 0.6 is 0 Å². The molecule has 5 nitrogen and oxygen atoms in total. The lowest BCUT2D eigenvalue weighted by atomic mass is 10.1. The molecule has 23 heavy (non-hydrogen) atoms. The summed E-state index contributed by atoms with van der Waals surface area (Å²) < 4.78 is 5.22. The minimum absolute atomic E-state index is 0.127. The van der Waals surface area contributed by atoms with Gasteiger partial charge in [0.1, 0.15) is 5.76 Å². The zero-order valence-electron chi connectivity index (χ0n) is 14.0. The third-order valence-electron chi connectivity index (χ3n) is 4.52. The fourth-order valence-electron chi connectivity index (χ4n) is 2.94. The molecule has 0 atom stereocenters. The minimum Gasteiger partial charge on any atom is -0.361 e. The maximum atomic E-state index is 12.5. The summed E-state index contributed by atoms with van der Waals surface area (Å²) in [6.45, 7) is 10.1. The van der Waals surface area contributed by atoms with Crippen LogP contribution in [0.1, 0.15) is 32.9 Å². The van der Waals surface area contributed by atoms with Gasteiger partial charge in [0, 0.05) is 43.9 Å². The van der Waals surface area contributed by atoms with E-state index in [4.69, 9.17) is 4.52 Å². The van der Waals surface area contributed by atoms with Crippen molar-refractivity contribution in [1.29, 1.82) is 0 Å². The second-order valence-corrected chi connectivity index (χ2v) is 6.24. The summed E-state index contributed by atoms with van der Waals surface area (Å²) in [7, 11) is 0. The lowest BCUT2D eigenvalue weighted by Crippen LogP contribution is -2.48. The number of aryl methyl sites for hydroxylation is 3. The molecule has 2 heterocycles. The average Bonchev–Trinajstić information content (AvgIpc) is 2.87. The van der Waals surface area contributed by atoms with Crippen molar-refractivity contribution < 1.29 is 9.32 Å². The number of nitrogens with zero attached hydrogens (tertiary/aromatic N) is 3. The van der Waals surface area contributed by atoms with Crippen LogP contribution in [0.4, 0.5) is 0 Å². The molecule has 1 aromatic carbocycles. The average molecular weight is 313 g/mol. The molecular weight excluding hydrogens is 290 g/mol. The summed E-state index contributed by atoms with van der Waals surface area (Å²) >= 11 is 0. The van der Waals surface area contributed by atoms with E-state index in [9.17, 15) is 4.79 Å². The highest BCUT2D eigenvalue weighted by Gasteiger charge is 2.23. The van der Waals surface area contributed by atoms with E-state index in [2.05, 4.69) is 10.1 Å². The fraction of sp³-hybridized carbons (Fsp3) is 0.444. The highest BCUT2D eigenvalue weighted by Crippen LogP contribution is 2.17. The first-order valence-electron chi connectivity index (χ1n) is 8.04. The van der Waals surface area contributed by atoms with Crippen LogP contribution in [0, 0.1) is 20.8 Å². The van der Waals surface area contributed by atoms with Gasteiger partial charge in [0.25, 0.3) is 5.91 Å². The normalized spacial score (nSPS) is 15.9. The highest BCUT2D eigenvalue weighted by atomic mass is 16.5. The lowest BCUT2D eigenvalue weighted by molar-refractivity contribution is 0.0627. The Hall–Kier alpha value is -2.14. The summed E-state index contributed by atoms with van der Waals surface area (Å²) in [4.78, 5) is 16.8. The molecule has 0 saturated carbocycles. The van der Waals surface area contributed by atoms with E-state index >= 15 is 0 Å². The Bertz CT molecular complexity index is 663. The SMILES string of the molecule is Cc1ccc(C(=O)N2CCN(Cc3c(C)noc3C)CC2)cc1. The third-order valence-corrected chi connectivity index (χ3v) is 4.52. The molecule has 1 aliphatic heterocycles. The Labute approximate surface area is 136 Å². The maximum absolute atomic E-state index is 12.5. The van der Waals surface area contributed by atoms with E-state index in [1.54, 1.807) is 0 Å². The first kappa shape index (κ1) is 15.7. The highest BCUT2D eigenvalue weighted by molar-refractivity contribution is 5.94. The molecule has 3 rings (SSSR count). The van der Waals surface area contributed by atoms with Crippen molar-refractivity contribution in [3.63, 3.8) is 0 Å². The van der Waals surface area contributed by atoms with E-state index < -0.39 is 0 Å². The van der Waals surface area contributed by atoms with Crippen molar-refractivity contribution in [2.45, 2.75) is 27.3 Å². The second kappa shape index (κ2) is 6.54. The van der Waals surface area contributed by atoms with Gasteiger partial charge in [-0.3, -0.25) is 9.69 Å². The van der Waals surface area contributed by atoms with Crippen LogP contribution in [0.5, 0.6) is 0 Å². The lowest BCUT2D eigenvalue weighted by Gasteiger charge is -2.34. The molecule has 1 aromatic heterocycles. The molecule has 0 aliphatic carbocycles. The van der Waals surface area contributed by atoms with Crippen LogP contribution in [-0.2, 0) is 6.54 Å². The van der Waals surface area contributed by atoms with Gasteiger partial charge in [0.15, 0.2) is 0 Å². The third kappa shape index (κ3) is 3.45. The van der Waals surface area contributed by atoms with Gasteiger partial charge in [0.05, 0.1) is 5.69 Å². The summed E-state index contributed by atoms with van der Waals surface area (Å²) in [5.41, 5.74) is 4.07. The van der Waals surface area contributed by atoms with Crippen LogP contribution in [0.15, 0.2) is 28.8 Å². The van der Waals surface area contributed by atoms with Gasteiger partial charge in [-0.1, -0.05) is 22.9 Å². The largest absolute Gasteiger partial charge is 0.361 e. The van der Waals surface area contributed by atoms with Crippen molar-refractivity contribution in [1.82, 2.24) is 15.0 Å². The monoisotopic (exact) mass is 313 g/mol. The summed E-state index contributed by atoms with van der Waals surface area (Å²) in [6.07, 6.45) is 0. The van der Waals surface area contributed by atoms with Gasteiger partial charge in [-0.05, 0) is 32.9 Å². The van der Waals surface area contributed by atoms with Crippen LogP contribution < -0.4 is 0 Å². The Balaban J connectivity index is 1.58. The molecule has 1 fully saturated rings. The summed E-state index contributed by atoms with van der Waals surface area (Å²) in [5.74, 6) is 1.02. The van der Waals surface area contributed by atoms with Crippen LogP contribution in [0.2, 0.25) is 0 Å². The zero-order chi connectivity index (χ0) is 16.4. The molecule has 0 bridgehead atoms. The first-order chi connectivity index (χ1) is 11.0. The van der Waals surface area contributed by atoms with Crippen molar-refractivity contribution in [2.24, 2.45) is 0 Å². The van der Waals surface area contributed by atoms with Crippen LogP contribution in [0.25, 0.3) is 0 Å². The number of hydrogen-bond donors (Lipinski definition) is 0. The topological polar surface area (TPSA) is 49.6 Å². The standard InChI is InChI=1S/C18H23N3O2/c1-13-4-6-16(7-5-13)18(22)21-10-8-20(9-11-21)12-17-14(2)19-23-15(17)3/h4-7H,8-12H2,1-3H3. The molecule has 0 unspecified atom stereocenters. The van der Waals surface area contributed by atoms with Gasteiger partial charge in [0.2, 0.25) is 0 Å². The quantitative estimate of drug-likeness (QED) is 0.874. The number of benzene rings is 1. The number of carbonyl (C=O) groups excluding carboxylic acids is 1. The molecule has 0 spiro atoms. The molecule has 122 valence electrons. The Kier molecular flexibility index (Phi) is 4.48. The number of piperazine rings is 1. The van der Waals surface area contributed by atoms with Gasteiger partial charge in [-0.15, -0.1) is 0 Å². The molecule has 1 amide bonds. The van der Waals surface area contributed by atoms with Gasteiger partial charge >= 0.3 is 0 Å². The molecule has 2 aromatic rings. The molecule has 0 radical (unpaired) electrons. The van der Waals surface area contributed by atoms with Crippen LogP contribution in [-0.4, -0.2) is 47.0 Å². The van der Waals surface area contributed by atoms with E-state index in [1.807, 2.05) is 49.9 Å². The predicted octanol–water partition coefficient (Wildman–Crippen LogP) is 2.56. The summed E-state index contributed by atoms with van der Waals surface area (Å²) in [5, 5.41) is 4.01. The van der Waals surface area contributed by atoms with E-state index in [0.29, 0.717) is 0 Å². The Morgan fingerprint density at radius 1 is 1.09 bits per heavy atom. The number of carbonyl (C=O) groups is 1. The number of rotatable bonds is 3. The Morgan fingerprint density at radius 3 is 2.30 bits per heavy atom. The van der Waals surface area contributed by atoms with Gasteiger partial charge in [-0.25, -0.2) is 0 Å². The van der Waals surface area contributed by atoms with Crippen molar-refractivity contribution in [2.75, 3.05) is 26.2 Å². The summed E-state index contributed by atoms with van der Waals surface area (Å²) in [6, 6.07) is 7.80. The minimum atomic E-state index is 0.127. The van der Waals surface area contributed by atoms with E-state index in [0.717, 1.165) is 49.7 Å². The molecule has 1 aliphatic rings. The van der Waals surface area contributed by atoms with Gasteiger partial charge in [-0.2, -0.15) is 0 Å². The van der Waals surface area contributed by atoms with Crippen molar-refractivity contribution in [3.05, 3.63) is 52.4 Å². The molecule has 5 heteroatoms. The van der Waals surface area contributed by atoms with E-state index in [1.165, 1.54) is 11.1 Å². The molecule has 0 N–H and O–H groups in total. The van der Waals surface area contributed by atoms with Crippen molar-refractivity contribution in [3.8, 4) is 0 Å². The number of hydrogen-bond acceptors (Lipinski definition) is 4. The number of amides is 1. The van der Waals surface area contributed by atoms with Gasteiger partial charge < -0.3 is 9.42 Å². The van der Waals surface area contributed by atoms with Crippen LogP contribution in [0.3, 0.4) is 0 Å². The van der Waals surface area contributed by atoms with E-state index in [-0.39, 0.29) is 5.91 Å². The maximum Gasteiger partial charge on any atom is 0.253 e. The first-order valence-corrected chi connectivity index (χ1v) is 8.04. The molecular formula is C18H23N3O2. The number of aromatic nitrogens is 1. The predicted molar refractivity (Wildman–Crippen MR) is 88.3 cm³/mol. The smallest absolute Gasteiger partial charge is 0.253 e.